The zero-order chi connectivity index (χ0) is 22.3. The van der Waals surface area contributed by atoms with Crippen LogP contribution in [0.1, 0.15) is 5.56 Å². The van der Waals surface area contributed by atoms with Crippen molar-refractivity contribution >= 4 is 29.6 Å². The number of rotatable bonds is 6. The Morgan fingerprint density at radius 1 is 1.06 bits per heavy atom. The minimum Gasteiger partial charge on any atom is -0.452 e. The molecule has 32 heavy (non-hydrogen) atoms. The molecule has 8 heteroatoms. The molecule has 1 amide bonds. The van der Waals surface area contributed by atoms with Crippen molar-refractivity contribution in [1.82, 2.24) is 14.7 Å². The summed E-state index contributed by atoms with van der Waals surface area (Å²) in [5.41, 5.74) is 3.17. The lowest BCUT2D eigenvalue weighted by atomic mass is 10.1. The Bertz CT molecular complexity index is 1100. The molecule has 1 saturated heterocycles. The van der Waals surface area contributed by atoms with E-state index in [-0.39, 0.29) is 12.5 Å². The SMILES string of the molecule is O=C(/C=C/c1cn(-c2ccccc2)nc1-c1ccc(Cl)cc1)OCC(=O)N1CCOCC1. The Morgan fingerprint density at radius 3 is 2.50 bits per heavy atom. The van der Waals surface area contributed by atoms with Gasteiger partial charge >= 0.3 is 5.97 Å². The third-order valence-corrected chi connectivity index (χ3v) is 5.23. The van der Waals surface area contributed by atoms with Crippen molar-refractivity contribution in [3.05, 3.63) is 77.5 Å². The molecule has 7 nitrogen and oxygen atoms in total. The van der Waals surface area contributed by atoms with Crippen molar-refractivity contribution in [3.8, 4) is 16.9 Å². The molecule has 4 rings (SSSR count). The normalized spacial score (nSPS) is 14.0. The zero-order valence-corrected chi connectivity index (χ0v) is 18.1. The molecule has 1 aliphatic heterocycles. The highest BCUT2D eigenvalue weighted by molar-refractivity contribution is 6.30. The quantitative estimate of drug-likeness (QED) is 0.423. The monoisotopic (exact) mass is 451 g/mol. The Hall–Kier alpha value is -3.42. The first kappa shape index (κ1) is 21.8. The summed E-state index contributed by atoms with van der Waals surface area (Å²) in [6, 6.07) is 17.0. The van der Waals surface area contributed by atoms with E-state index in [1.807, 2.05) is 48.7 Å². The highest BCUT2D eigenvalue weighted by Crippen LogP contribution is 2.26. The van der Waals surface area contributed by atoms with Crippen LogP contribution in [0, 0.1) is 0 Å². The summed E-state index contributed by atoms with van der Waals surface area (Å²) in [6.07, 6.45) is 4.78. The topological polar surface area (TPSA) is 73.7 Å². The van der Waals surface area contributed by atoms with Gasteiger partial charge in [-0.1, -0.05) is 41.9 Å². The summed E-state index contributed by atoms with van der Waals surface area (Å²) in [5, 5.41) is 5.32. The summed E-state index contributed by atoms with van der Waals surface area (Å²) < 4.78 is 12.1. The summed E-state index contributed by atoms with van der Waals surface area (Å²) in [6.45, 7) is 1.72. The Morgan fingerprint density at radius 2 is 1.78 bits per heavy atom. The average molecular weight is 452 g/mol. The molecule has 0 bridgehead atoms. The molecule has 2 heterocycles. The van der Waals surface area contributed by atoms with Gasteiger partial charge in [-0.15, -0.1) is 0 Å². The molecule has 0 spiro atoms. The van der Waals surface area contributed by atoms with Crippen LogP contribution in [-0.2, 0) is 19.1 Å². The Labute approximate surface area is 190 Å². The second-order valence-corrected chi connectivity index (χ2v) is 7.59. The fourth-order valence-electron chi connectivity index (χ4n) is 3.30. The van der Waals surface area contributed by atoms with Gasteiger partial charge in [-0.3, -0.25) is 4.79 Å². The van der Waals surface area contributed by atoms with E-state index in [2.05, 4.69) is 0 Å². The van der Waals surface area contributed by atoms with Gasteiger partial charge in [0, 0.05) is 41.5 Å². The van der Waals surface area contributed by atoms with Crippen molar-refractivity contribution in [2.24, 2.45) is 0 Å². The van der Waals surface area contributed by atoms with Gasteiger partial charge in [0.2, 0.25) is 0 Å². The Kier molecular flexibility index (Phi) is 6.99. The largest absolute Gasteiger partial charge is 0.452 e. The van der Waals surface area contributed by atoms with E-state index in [9.17, 15) is 9.59 Å². The van der Waals surface area contributed by atoms with E-state index in [0.29, 0.717) is 37.0 Å². The number of nitrogens with zero attached hydrogens (tertiary/aromatic N) is 3. The molecule has 0 aliphatic carbocycles. The highest BCUT2D eigenvalue weighted by atomic mass is 35.5. The van der Waals surface area contributed by atoms with Crippen LogP contribution in [0.2, 0.25) is 5.02 Å². The van der Waals surface area contributed by atoms with Crippen molar-refractivity contribution < 1.29 is 19.1 Å². The lowest BCUT2D eigenvalue weighted by Gasteiger charge is -2.26. The van der Waals surface area contributed by atoms with Gasteiger partial charge < -0.3 is 14.4 Å². The second-order valence-electron chi connectivity index (χ2n) is 7.15. The molecular weight excluding hydrogens is 430 g/mol. The molecule has 0 radical (unpaired) electrons. The van der Waals surface area contributed by atoms with Crippen LogP contribution in [0.25, 0.3) is 23.0 Å². The minimum atomic E-state index is -0.596. The van der Waals surface area contributed by atoms with Gasteiger partial charge in [-0.05, 0) is 30.3 Å². The van der Waals surface area contributed by atoms with Gasteiger partial charge in [-0.25, -0.2) is 9.48 Å². The summed E-state index contributed by atoms with van der Waals surface area (Å²) >= 11 is 6.02. The van der Waals surface area contributed by atoms with Crippen molar-refractivity contribution in [2.45, 2.75) is 0 Å². The first-order chi connectivity index (χ1) is 15.6. The van der Waals surface area contributed by atoms with E-state index in [1.54, 1.807) is 27.8 Å². The van der Waals surface area contributed by atoms with Crippen molar-refractivity contribution in [1.29, 1.82) is 0 Å². The van der Waals surface area contributed by atoms with E-state index in [4.69, 9.17) is 26.2 Å². The first-order valence-corrected chi connectivity index (χ1v) is 10.6. The zero-order valence-electron chi connectivity index (χ0n) is 17.3. The maximum absolute atomic E-state index is 12.2. The van der Waals surface area contributed by atoms with E-state index in [1.165, 1.54) is 6.08 Å². The third-order valence-electron chi connectivity index (χ3n) is 4.98. The van der Waals surface area contributed by atoms with Crippen LogP contribution in [0.4, 0.5) is 0 Å². The van der Waals surface area contributed by atoms with Crippen LogP contribution in [0.3, 0.4) is 0 Å². The summed E-state index contributed by atoms with van der Waals surface area (Å²) in [4.78, 5) is 26.0. The van der Waals surface area contributed by atoms with E-state index >= 15 is 0 Å². The van der Waals surface area contributed by atoms with Crippen LogP contribution in [0.15, 0.2) is 66.9 Å². The fourth-order valence-corrected chi connectivity index (χ4v) is 3.42. The second kappa shape index (κ2) is 10.3. The average Bonchev–Trinajstić information content (AvgIpc) is 3.27. The van der Waals surface area contributed by atoms with Crippen LogP contribution < -0.4 is 0 Å². The smallest absolute Gasteiger partial charge is 0.331 e. The number of morpholine rings is 1. The van der Waals surface area contributed by atoms with Gasteiger partial charge in [0.15, 0.2) is 6.61 Å². The Balaban J connectivity index is 1.50. The van der Waals surface area contributed by atoms with Crippen LogP contribution in [-0.4, -0.2) is 59.5 Å². The molecule has 164 valence electrons. The lowest BCUT2D eigenvalue weighted by Crippen LogP contribution is -2.42. The molecule has 0 N–H and O–H groups in total. The van der Waals surface area contributed by atoms with Gasteiger partial charge in [0.25, 0.3) is 5.91 Å². The molecule has 2 aromatic carbocycles. The summed E-state index contributed by atoms with van der Waals surface area (Å²) in [7, 11) is 0. The molecule has 1 fully saturated rings. The number of amides is 1. The molecule has 1 aromatic heterocycles. The predicted molar refractivity (Wildman–Crippen MR) is 121 cm³/mol. The lowest BCUT2D eigenvalue weighted by molar-refractivity contribution is -0.150. The van der Waals surface area contributed by atoms with Crippen molar-refractivity contribution in [3.63, 3.8) is 0 Å². The number of ether oxygens (including phenoxy) is 2. The maximum Gasteiger partial charge on any atom is 0.331 e. The van der Waals surface area contributed by atoms with Gasteiger partial charge in [0.05, 0.1) is 24.6 Å². The van der Waals surface area contributed by atoms with E-state index in [0.717, 1.165) is 16.8 Å². The number of para-hydroxylation sites is 1. The number of hydrogen-bond donors (Lipinski definition) is 0. The molecule has 0 saturated carbocycles. The molecular formula is C24H22ClN3O4. The number of aromatic nitrogens is 2. The number of benzene rings is 2. The van der Waals surface area contributed by atoms with E-state index < -0.39 is 5.97 Å². The number of halogens is 1. The summed E-state index contributed by atoms with van der Waals surface area (Å²) in [5.74, 6) is -0.824. The number of carbonyl (C=O) groups is 2. The fraction of sp³-hybridized carbons (Fsp3) is 0.208. The number of hydrogen-bond acceptors (Lipinski definition) is 5. The molecule has 1 aliphatic rings. The molecule has 0 atom stereocenters. The third kappa shape index (κ3) is 5.43. The van der Waals surface area contributed by atoms with Gasteiger partial charge in [-0.2, -0.15) is 5.10 Å². The van der Waals surface area contributed by atoms with Gasteiger partial charge in [0.1, 0.15) is 0 Å². The maximum atomic E-state index is 12.2. The first-order valence-electron chi connectivity index (χ1n) is 10.2. The highest BCUT2D eigenvalue weighted by Gasteiger charge is 2.18. The molecule has 0 unspecified atom stereocenters. The van der Waals surface area contributed by atoms with Crippen LogP contribution in [0.5, 0.6) is 0 Å². The van der Waals surface area contributed by atoms with Crippen LogP contribution >= 0.6 is 11.6 Å². The van der Waals surface area contributed by atoms with Crippen molar-refractivity contribution in [2.75, 3.05) is 32.9 Å². The molecule has 3 aromatic rings. The minimum absolute atomic E-state index is 0.228. The predicted octanol–water partition coefficient (Wildman–Crippen LogP) is 3.61. The number of esters is 1. The standard InChI is InChI=1S/C24H22ClN3O4/c25-20-9-6-18(7-10-20)24-19(16-28(26-24)21-4-2-1-3-5-21)8-11-23(30)32-17-22(29)27-12-14-31-15-13-27/h1-11,16H,12-15,17H2/b11-8+. The number of carbonyl (C=O) groups excluding carboxylic acids is 2.